The van der Waals surface area contributed by atoms with E-state index < -0.39 is 5.97 Å². The van der Waals surface area contributed by atoms with Crippen molar-refractivity contribution in [2.24, 2.45) is 5.41 Å². The molecule has 1 aromatic heterocycles. The van der Waals surface area contributed by atoms with E-state index in [0.717, 1.165) is 5.56 Å². The molecule has 17 heavy (non-hydrogen) atoms. The smallest absolute Gasteiger partial charge is 0.358 e. The normalized spacial score (nSPS) is 11.6. The number of anilines is 1. The number of hydrogen-bond donors (Lipinski definition) is 1. The van der Waals surface area contributed by atoms with Gasteiger partial charge in [0.1, 0.15) is 5.82 Å². The van der Waals surface area contributed by atoms with Crippen LogP contribution in [0.1, 0.15) is 43.7 Å². The first kappa shape index (κ1) is 13.5. The van der Waals surface area contributed by atoms with Gasteiger partial charge < -0.3 is 10.5 Å². The van der Waals surface area contributed by atoms with Gasteiger partial charge in [-0.3, -0.25) is 0 Å². The van der Waals surface area contributed by atoms with Crippen molar-refractivity contribution < 1.29 is 9.53 Å². The standard InChI is InChI=1S/C12H21N3O2/c1-6-15-10(13)8(7-12(2,3)4)9(14-15)11(16)17-5/h6-7,13H2,1-5H3. The van der Waals surface area contributed by atoms with Crippen LogP contribution in [0.5, 0.6) is 0 Å². The number of ether oxygens (including phenoxy) is 1. The van der Waals surface area contributed by atoms with Crippen LogP contribution in [0, 0.1) is 5.41 Å². The molecule has 2 N–H and O–H groups in total. The molecule has 0 spiro atoms. The van der Waals surface area contributed by atoms with Gasteiger partial charge in [-0.2, -0.15) is 5.10 Å². The third-order valence-corrected chi connectivity index (χ3v) is 2.48. The Hall–Kier alpha value is -1.52. The number of rotatable bonds is 3. The molecule has 96 valence electrons. The van der Waals surface area contributed by atoms with E-state index in [1.807, 2.05) is 6.92 Å². The molecular formula is C12H21N3O2. The lowest BCUT2D eigenvalue weighted by Gasteiger charge is -2.18. The average molecular weight is 239 g/mol. The molecule has 1 aromatic rings. The predicted molar refractivity (Wildman–Crippen MR) is 66.8 cm³/mol. The Morgan fingerprint density at radius 3 is 2.47 bits per heavy atom. The zero-order chi connectivity index (χ0) is 13.2. The summed E-state index contributed by atoms with van der Waals surface area (Å²) in [5.41, 5.74) is 7.17. The van der Waals surface area contributed by atoms with Crippen molar-refractivity contribution in [3.8, 4) is 0 Å². The van der Waals surface area contributed by atoms with Gasteiger partial charge in [0, 0.05) is 12.1 Å². The third kappa shape index (κ3) is 2.99. The molecule has 0 aliphatic heterocycles. The number of nitrogen functional groups attached to an aromatic ring is 1. The summed E-state index contributed by atoms with van der Waals surface area (Å²) in [5, 5.41) is 4.20. The number of nitrogens with two attached hydrogens (primary N) is 1. The van der Waals surface area contributed by atoms with Crippen LogP contribution in [0.2, 0.25) is 0 Å². The zero-order valence-electron chi connectivity index (χ0n) is 11.2. The first-order valence-corrected chi connectivity index (χ1v) is 5.73. The maximum Gasteiger partial charge on any atom is 0.358 e. The van der Waals surface area contributed by atoms with Crippen molar-refractivity contribution in [1.29, 1.82) is 0 Å². The second-order valence-corrected chi connectivity index (χ2v) is 5.26. The van der Waals surface area contributed by atoms with Gasteiger partial charge in [0.2, 0.25) is 0 Å². The quantitative estimate of drug-likeness (QED) is 0.817. The number of esters is 1. The monoisotopic (exact) mass is 239 g/mol. The Kier molecular flexibility index (Phi) is 3.80. The highest BCUT2D eigenvalue weighted by Gasteiger charge is 2.25. The molecule has 0 fully saturated rings. The van der Waals surface area contributed by atoms with Gasteiger partial charge >= 0.3 is 5.97 Å². The van der Waals surface area contributed by atoms with Gasteiger partial charge in [-0.05, 0) is 18.8 Å². The summed E-state index contributed by atoms with van der Waals surface area (Å²) in [7, 11) is 1.35. The summed E-state index contributed by atoms with van der Waals surface area (Å²) in [6, 6.07) is 0. The van der Waals surface area contributed by atoms with E-state index in [9.17, 15) is 4.79 Å². The number of aromatic nitrogens is 2. The number of hydrogen-bond acceptors (Lipinski definition) is 4. The van der Waals surface area contributed by atoms with Gasteiger partial charge in [-0.25, -0.2) is 9.48 Å². The molecule has 5 nitrogen and oxygen atoms in total. The summed E-state index contributed by atoms with van der Waals surface area (Å²) in [6.07, 6.45) is 0.698. The molecule has 0 bridgehead atoms. The molecule has 0 saturated heterocycles. The summed E-state index contributed by atoms with van der Waals surface area (Å²) >= 11 is 0. The van der Waals surface area contributed by atoms with Crippen molar-refractivity contribution in [2.75, 3.05) is 12.8 Å². The van der Waals surface area contributed by atoms with Crippen LogP contribution in [0.15, 0.2) is 0 Å². The Balaban J connectivity index is 3.24. The van der Waals surface area contributed by atoms with Gasteiger partial charge in [-0.1, -0.05) is 20.8 Å². The molecule has 1 rings (SSSR count). The Bertz CT molecular complexity index is 416. The van der Waals surface area contributed by atoms with E-state index >= 15 is 0 Å². The lowest BCUT2D eigenvalue weighted by Crippen LogP contribution is -2.14. The van der Waals surface area contributed by atoms with Crippen LogP contribution in [-0.2, 0) is 17.7 Å². The Morgan fingerprint density at radius 2 is 2.06 bits per heavy atom. The minimum Gasteiger partial charge on any atom is -0.464 e. The van der Waals surface area contributed by atoms with E-state index in [1.165, 1.54) is 7.11 Å². The fourth-order valence-electron chi connectivity index (χ4n) is 1.72. The van der Waals surface area contributed by atoms with Gasteiger partial charge in [0.15, 0.2) is 5.69 Å². The summed E-state index contributed by atoms with van der Waals surface area (Å²) in [5.74, 6) is 0.131. The van der Waals surface area contributed by atoms with Gasteiger partial charge in [0.05, 0.1) is 7.11 Å². The van der Waals surface area contributed by atoms with Crippen molar-refractivity contribution in [1.82, 2.24) is 9.78 Å². The Labute approximate surface area is 102 Å². The van der Waals surface area contributed by atoms with E-state index in [1.54, 1.807) is 4.68 Å². The van der Waals surface area contributed by atoms with Crippen LogP contribution >= 0.6 is 0 Å². The van der Waals surface area contributed by atoms with Crippen LogP contribution in [0.25, 0.3) is 0 Å². The third-order valence-electron chi connectivity index (χ3n) is 2.48. The average Bonchev–Trinajstić information content (AvgIpc) is 2.53. The second kappa shape index (κ2) is 4.77. The van der Waals surface area contributed by atoms with Crippen molar-refractivity contribution in [3.63, 3.8) is 0 Å². The van der Waals surface area contributed by atoms with E-state index in [4.69, 9.17) is 10.5 Å². The Morgan fingerprint density at radius 1 is 1.47 bits per heavy atom. The molecule has 0 aliphatic carbocycles. The number of nitrogens with zero attached hydrogens (tertiary/aromatic N) is 2. The molecular weight excluding hydrogens is 218 g/mol. The minimum atomic E-state index is -0.428. The van der Waals surface area contributed by atoms with Crippen LogP contribution in [-0.4, -0.2) is 22.9 Å². The first-order valence-electron chi connectivity index (χ1n) is 5.73. The van der Waals surface area contributed by atoms with Gasteiger partial charge in [-0.15, -0.1) is 0 Å². The summed E-state index contributed by atoms with van der Waals surface area (Å²) in [4.78, 5) is 11.6. The lowest BCUT2D eigenvalue weighted by atomic mass is 9.88. The highest BCUT2D eigenvalue weighted by Crippen LogP contribution is 2.27. The predicted octanol–water partition coefficient (Wildman–Crippen LogP) is 1.86. The SMILES string of the molecule is CCn1nc(C(=O)OC)c(CC(C)(C)C)c1N. The molecule has 0 atom stereocenters. The number of methoxy groups -OCH3 is 1. The van der Waals surface area contributed by atoms with Crippen LogP contribution in [0.3, 0.4) is 0 Å². The number of aryl methyl sites for hydroxylation is 1. The van der Waals surface area contributed by atoms with Crippen LogP contribution < -0.4 is 5.73 Å². The maximum absolute atomic E-state index is 11.6. The van der Waals surface area contributed by atoms with E-state index in [2.05, 4.69) is 25.9 Å². The first-order chi connectivity index (χ1) is 7.80. The topological polar surface area (TPSA) is 70.1 Å². The largest absolute Gasteiger partial charge is 0.464 e. The lowest BCUT2D eigenvalue weighted by molar-refractivity contribution is 0.0591. The van der Waals surface area contributed by atoms with Crippen molar-refractivity contribution >= 4 is 11.8 Å². The number of carbonyl (C=O) groups excluding carboxylic acids is 1. The molecule has 0 aliphatic rings. The number of carbonyl (C=O) groups is 1. The molecule has 0 amide bonds. The maximum atomic E-state index is 11.6. The highest BCUT2D eigenvalue weighted by atomic mass is 16.5. The molecule has 5 heteroatoms. The zero-order valence-corrected chi connectivity index (χ0v) is 11.2. The molecule has 0 radical (unpaired) electrons. The van der Waals surface area contributed by atoms with Crippen molar-refractivity contribution in [2.45, 2.75) is 40.7 Å². The molecule has 0 saturated carbocycles. The fourth-order valence-corrected chi connectivity index (χ4v) is 1.72. The van der Waals surface area contributed by atoms with Gasteiger partial charge in [0.25, 0.3) is 0 Å². The van der Waals surface area contributed by atoms with E-state index in [-0.39, 0.29) is 5.41 Å². The molecule has 1 heterocycles. The molecule has 0 unspecified atom stereocenters. The minimum absolute atomic E-state index is 0.0402. The fraction of sp³-hybridized carbons (Fsp3) is 0.667. The summed E-state index contributed by atoms with van der Waals surface area (Å²) < 4.78 is 6.37. The molecule has 0 aromatic carbocycles. The van der Waals surface area contributed by atoms with Crippen LogP contribution in [0.4, 0.5) is 5.82 Å². The highest BCUT2D eigenvalue weighted by molar-refractivity contribution is 5.90. The summed E-state index contributed by atoms with van der Waals surface area (Å²) in [6.45, 7) is 8.86. The van der Waals surface area contributed by atoms with E-state index in [0.29, 0.717) is 24.5 Å². The van der Waals surface area contributed by atoms with Crippen molar-refractivity contribution in [3.05, 3.63) is 11.3 Å². The second-order valence-electron chi connectivity index (χ2n) is 5.26.